The molecule has 9 heteroatoms. The van der Waals surface area contributed by atoms with Crippen LogP contribution in [0.2, 0.25) is 0 Å². The monoisotopic (exact) mass is 472 g/mol. The van der Waals surface area contributed by atoms with E-state index in [4.69, 9.17) is 9.47 Å². The quantitative estimate of drug-likeness (QED) is 0.510. The Bertz CT molecular complexity index is 1220. The first kappa shape index (κ1) is 24.1. The van der Waals surface area contributed by atoms with E-state index >= 15 is 0 Å². The second kappa shape index (κ2) is 10.4. The molecule has 0 saturated carbocycles. The highest BCUT2D eigenvalue weighted by molar-refractivity contribution is 7.92. The van der Waals surface area contributed by atoms with Gasteiger partial charge in [0, 0.05) is 5.56 Å². The molecule has 0 aliphatic rings. The molecule has 0 aromatic heterocycles. The molecule has 3 aromatic rings. The summed E-state index contributed by atoms with van der Waals surface area (Å²) in [5, 5.41) is 2.76. The zero-order valence-electron chi connectivity index (χ0n) is 18.5. The number of halogens is 1. The molecule has 1 unspecified atom stereocenters. The molecule has 0 spiro atoms. The van der Waals surface area contributed by atoms with Crippen LogP contribution in [0.1, 0.15) is 18.5 Å². The fourth-order valence-electron chi connectivity index (χ4n) is 3.35. The van der Waals surface area contributed by atoms with Gasteiger partial charge in [-0.3, -0.25) is 9.10 Å². The predicted octanol–water partition coefficient (Wildman–Crippen LogP) is 3.92. The third kappa shape index (κ3) is 5.43. The van der Waals surface area contributed by atoms with Crippen LogP contribution in [0.15, 0.2) is 77.7 Å². The molecule has 1 atom stereocenters. The van der Waals surface area contributed by atoms with Crippen LogP contribution in [0.4, 0.5) is 10.1 Å². The van der Waals surface area contributed by atoms with Crippen molar-refractivity contribution in [3.05, 3.63) is 84.2 Å². The molecule has 3 aromatic carbocycles. The molecule has 0 saturated heterocycles. The van der Waals surface area contributed by atoms with Gasteiger partial charge in [0.2, 0.25) is 5.91 Å². The number of ether oxygens (including phenoxy) is 2. The summed E-state index contributed by atoms with van der Waals surface area (Å²) >= 11 is 0. The van der Waals surface area contributed by atoms with Crippen molar-refractivity contribution >= 4 is 21.6 Å². The van der Waals surface area contributed by atoms with Gasteiger partial charge in [0.15, 0.2) is 0 Å². The number of benzene rings is 3. The Labute approximate surface area is 192 Å². The van der Waals surface area contributed by atoms with Crippen molar-refractivity contribution in [2.24, 2.45) is 0 Å². The lowest BCUT2D eigenvalue weighted by Gasteiger charge is -2.25. The largest absolute Gasteiger partial charge is 0.497 e. The minimum absolute atomic E-state index is 0.0523. The molecule has 0 bridgehead atoms. The van der Waals surface area contributed by atoms with Crippen molar-refractivity contribution < 1.29 is 27.1 Å². The van der Waals surface area contributed by atoms with E-state index in [0.29, 0.717) is 17.1 Å². The summed E-state index contributed by atoms with van der Waals surface area (Å²) < 4.78 is 52.6. The van der Waals surface area contributed by atoms with Gasteiger partial charge in [0.05, 0.1) is 30.8 Å². The third-order valence-corrected chi connectivity index (χ3v) is 6.79. The van der Waals surface area contributed by atoms with Crippen molar-refractivity contribution in [1.29, 1.82) is 0 Å². The van der Waals surface area contributed by atoms with Crippen molar-refractivity contribution in [3.8, 4) is 11.5 Å². The van der Waals surface area contributed by atoms with Crippen LogP contribution in [0, 0.1) is 5.82 Å². The van der Waals surface area contributed by atoms with Crippen LogP contribution >= 0.6 is 0 Å². The molecule has 7 nitrogen and oxygen atoms in total. The van der Waals surface area contributed by atoms with E-state index in [0.717, 1.165) is 10.4 Å². The van der Waals surface area contributed by atoms with Crippen LogP contribution in [0.5, 0.6) is 11.5 Å². The lowest BCUT2D eigenvalue weighted by molar-refractivity contribution is -0.120. The van der Waals surface area contributed by atoms with Gasteiger partial charge >= 0.3 is 0 Å². The molecule has 0 fully saturated rings. The average Bonchev–Trinajstić information content (AvgIpc) is 2.83. The number of methoxy groups -OCH3 is 2. The maximum Gasteiger partial charge on any atom is 0.264 e. The van der Waals surface area contributed by atoms with E-state index in [-0.39, 0.29) is 10.6 Å². The van der Waals surface area contributed by atoms with Gasteiger partial charge in [-0.05, 0) is 49.4 Å². The summed E-state index contributed by atoms with van der Waals surface area (Å²) in [5.41, 5.74) is 0.427. The van der Waals surface area contributed by atoms with Crippen molar-refractivity contribution in [1.82, 2.24) is 5.32 Å². The number of amides is 1. The fourth-order valence-corrected chi connectivity index (χ4v) is 4.80. The van der Waals surface area contributed by atoms with Crippen molar-refractivity contribution in [2.75, 3.05) is 25.1 Å². The van der Waals surface area contributed by atoms with Crippen LogP contribution in [0.25, 0.3) is 0 Å². The van der Waals surface area contributed by atoms with Gasteiger partial charge in [-0.1, -0.05) is 30.3 Å². The number of sulfonamides is 1. The first-order valence-electron chi connectivity index (χ1n) is 10.1. The van der Waals surface area contributed by atoms with Crippen LogP contribution in [-0.4, -0.2) is 35.1 Å². The topological polar surface area (TPSA) is 84.9 Å². The maximum atomic E-state index is 14.6. The second-order valence-electron chi connectivity index (χ2n) is 7.17. The average molecular weight is 473 g/mol. The minimum atomic E-state index is -4.21. The zero-order chi connectivity index (χ0) is 24.0. The normalized spacial score (nSPS) is 12.0. The number of hydrogen-bond donors (Lipinski definition) is 1. The smallest absolute Gasteiger partial charge is 0.264 e. The minimum Gasteiger partial charge on any atom is -0.497 e. The van der Waals surface area contributed by atoms with E-state index in [1.165, 1.54) is 44.6 Å². The van der Waals surface area contributed by atoms with Gasteiger partial charge < -0.3 is 14.8 Å². The Morgan fingerprint density at radius 3 is 2.30 bits per heavy atom. The lowest BCUT2D eigenvalue weighted by atomic mass is 10.1. The maximum absolute atomic E-state index is 14.6. The van der Waals surface area contributed by atoms with Crippen LogP contribution < -0.4 is 19.1 Å². The molecular formula is C24H25FN2O5S. The Hall–Kier alpha value is -3.59. The van der Waals surface area contributed by atoms with Gasteiger partial charge in [0.1, 0.15) is 23.9 Å². The van der Waals surface area contributed by atoms with E-state index in [2.05, 4.69) is 5.32 Å². The first-order valence-corrected chi connectivity index (χ1v) is 11.6. The molecule has 3 rings (SSSR count). The highest BCUT2D eigenvalue weighted by atomic mass is 32.2. The van der Waals surface area contributed by atoms with Crippen molar-refractivity contribution in [3.63, 3.8) is 0 Å². The molecule has 0 aliphatic heterocycles. The molecule has 1 amide bonds. The predicted molar refractivity (Wildman–Crippen MR) is 123 cm³/mol. The number of anilines is 1. The van der Waals surface area contributed by atoms with Gasteiger partial charge in [-0.25, -0.2) is 12.8 Å². The molecule has 0 aliphatic carbocycles. The summed E-state index contributed by atoms with van der Waals surface area (Å²) in [7, 11) is -1.18. The van der Waals surface area contributed by atoms with E-state index in [1.54, 1.807) is 43.3 Å². The zero-order valence-corrected chi connectivity index (χ0v) is 19.3. The third-order valence-electron chi connectivity index (χ3n) is 5.02. The number of nitrogens with zero attached hydrogens (tertiary/aromatic N) is 1. The number of nitrogens with one attached hydrogen (secondary N) is 1. The summed E-state index contributed by atoms with van der Waals surface area (Å²) in [6, 6.07) is 17.6. The molecule has 0 radical (unpaired) electrons. The van der Waals surface area contributed by atoms with Gasteiger partial charge in [-0.15, -0.1) is 0 Å². The number of para-hydroxylation sites is 1. The Balaban J connectivity index is 1.91. The Morgan fingerprint density at radius 1 is 1.00 bits per heavy atom. The second-order valence-corrected chi connectivity index (χ2v) is 9.04. The first-order chi connectivity index (χ1) is 15.8. The lowest BCUT2D eigenvalue weighted by Crippen LogP contribution is -2.42. The number of rotatable bonds is 9. The Kier molecular flexibility index (Phi) is 7.55. The van der Waals surface area contributed by atoms with Crippen molar-refractivity contribution in [2.45, 2.75) is 17.9 Å². The van der Waals surface area contributed by atoms with Gasteiger partial charge in [-0.2, -0.15) is 0 Å². The SMILES string of the molecule is COc1ccc(OC)c(C(C)NC(=O)CN(c2ccccc2F)S(=O)(=O)c2ccccc2)c1. The highest BCUT2D eigenvalue weighted by Crippen LogP contribution is 2.30. The molecule has 0 heterocycles. The summed E-state index contributed by atoms with van der Waals surface area (Å²) in [4.78, 5) is 12.9. The standard InChI is InChI=1S/C24H25FN2O5S/c1-17(20-15-18(31-2)13-14-23(20)32-3)26-24(28)16-27(22-12-8-7-11-21(22)25)33(29,30)19-9-5-4-6-10-19/h4-15,17H,16H2,1-3H3,(H,26,28). The van der Waals surface area contributed by atoms with E-state index in [9.17, 15) is 17.6 Å². The van der Waals surface area contributed by atoms with Gasteiger partial charge in [0.25, 0.3) is 10.0 Å². The molecule has 1 N–H and O–H groups in total. The summed E-state index contributed by atoms with van der Waals surface area (Å²) in [6.07, 6.45) is 0. The molecule has 33 heavy (non-hydrogen) atoms. The molecular weight excluding hydrogens is 447 g/mol. The Morgan fingerprint density at radius 2 is 1.67 bits per heavy atom. The molecule has 174 valence electrons. The number of carbonyl (C=O) groups excluding carboxylic acids is 1. The number of hydrogen-bond acceptors (Lipinski definition) is 5. The number of carbonyl (C=O) groups is 1. The highest BCUT2D eigenvalue weighted by Gasteiger charge is 2.29. The van der Waals surface area contributed by atoms with Crippen LogP contribution in [0.3, 0.4) is 0 Å². The summed E-state index contributed by atoms with van der Waals surface area (Å²) in [6.45, 7) is 1.11. The van der Waals surface area contributed by atoms with E-state index < -0.39 is 34.3 Å². The fraction of sp³-hybridized carbons (Fsp3) is 0.208. The summed E-state index contributed by atoms with van der Waals surface area (Å²) in [5.74, 6) is -0.263. The van der Waals surface area contributed by atoms with Crippen LogP contribution in [-0.2, 0) is 14.8 Å². The van der Waals surface area contributed by atoms with E-state index in [1.807, 2.05) is 0 Å².